The molecule has 1 aliphatic rings. The van der Waals surface area contributed by atoms with E-state index in [1.807, 2.05) is 30.3 Å². The molecule has 94 valence electrons. The van der Waals surface area contributed by atoms with Crippen LogP contribution >= 0.6 is 31.9 Å². The maximum Gasteiger partial charge on any atom is 0.376 e. The maximum atomic E-state index is 11.6. The summed E-state index contributed by atoms with van der Waals surface area (Å²) in [6, 6.07) is 9.20. The van der Waals surface area contributed by atoms with Crippen LogP contribution in [0, 0.1) is 0 Å². The molecule has 0 saturated carbocycles. The number of hydrogen-bond donors (Lipinski definition) is 0. The van der Waals surface area contributed by atoms with Gasteiger partial charge in [0.25, 0.3) is 0 Å². The van der Waals surface area contributed by atoms with E-state index in [2.05, 4.69) is 31.9 Å². The van der Waals surface area contributed by atoms with E-state index in [1.54, 1.807) is 0 Å². The average molecular weight is 376 g/mol. The first-order chi connectivity index (χ1) is 8.63. The lowest BCUT2D eigenvalue weighted by Crippen LogP contribution is -2.10. The molecule has 0 bridgehead atoms. The number of hydrogen-bond acceptors (Lipinski definition) is 4. The Bertz CT molecular complexity index is 510. The van der Waals surface area contributed by atoms with Gasteiger partial charge in [-0.3, -0.25) is 4.79 Å². The van der Waals surface area contributed by atoms with Gasteiger partial charge in [0.15, 0.2) is 6.10 Å². The molecule has 0 saturated heterocycles. The minimum atomic E-state index is -0.648. The van der Waals surface area contributed by atoms with Crippen LogP contribution in [0.3, 0.4) is 0 Å². The fraction of sp³-hybridized carbons (Fsp3) is 0.167. The van der Waals surface area contributed by atoms with E-state index in [1.165, 1.54) is 0 Å². The highest BCUT2D eigenvalue weighted by molar-refractivity contribution is 9.11. The van der Waals surface area contributed by atoms with Crippen LogP contribution in [0.4, 0.5) is 0 Å². The lowest BCUT2D eigenvalue weighted by molar-refractivity contribution is -0.149. The third-order valence-electron chi connectivity index (χ3n) is 2.28. The number of halogens is 2. The molecule has 1 aromatic rings. The van der Waals surface area contributed by atoms with E-state index >= 15 is 0 Å². The van der Waals surface area contributed by atoms with E-state index < -0.39 is 18.0 Å². The van der Waals surface area contributed by atoms with Crippen molar-refractivity contribution in [3.8, 4) is 0 Å². The predicted octanol–water partition coefficient (Wildman–Crippen LogP) is 2.83. The van der Waals surface area contributed by atoms with Crippen molar-refractivity contribution < 1.29 is 19.1 Å². The Morgan fingerprint density at radius 2 is 2.00 bits per heavy atom. The maximum absolute atomic E-state index is 11.6. The number of cyclic esters (lactones) is 1. The summed E-state index contributed by atoms with van der Waals surface area (Å²) in [4.78, 5) is 22.8. The molecule has 1 atom stereocenters. The Morgan fingerprint density at radius 3 is 2.61 bits per heavy atom. The zero-order chi connectivity index (χ0) is 13.1. The van der Waals surface area contributed by atoms with E-state index in [0.717, 1.165) is 5.56 Å². The third kappa shape index (κ3) is 2.64. The monoisotopic (exact) mass is 374 g/mol. The second-order valence-corrected chi connectivity index (χ2v) is 4.90. The molecule has 18 heavy (non-hydrogen) atoms. The molecule has 0 N–H and O–H groups in total. The summed E-state index contributed by atoms with van der Waals surface area (Å²) in [5, 5.41) is 0.0140. The molecule has 1 heterocycles. The van der Waals surface area contributed by atoms with Crippen molar-refractivity contribution >= 4 is 43.8 Å². The number of benzene rings is 1. The molecule has 0 spiro atoms. The van der Waals surface area contributed by atoms with Gasteiger partial charge < -0.3 is 9.47 Å². The lowest BCUT2D eigenvalue weighted by Gasteiger charge is -2.09. The number of alkyl halides is 1. The second-order valence-electron chi connectivity index (χ2n) is 3.48. The molecule has 6 heteroatoms. The quantitative estimate of drug-likeness (QED) is 0.602. The molecule has 0 aliphatic carbocycles. The standard InChI is InChI=1S/C12H8Br2O4/c13-6-8(15)17-11-9(14)10(18-12(11)16)7-4-2-1-3-5-7/h1-5,10H,6H2. The van der Waals surface area contributed by atoms with Gasteiger partial charge in [0, 0.05) is 0 Å². The number of carbonyl (C=O) groups is 2. The first-order valence-electron chi connectivity index (χ1n) is 5.05. The highest BCUT2D eigenvalue weighted by Gasteiger charge is 2.36. The van der Waals surface area contributed by atoms with Gasteiger partial charge in [0.2, 0.25) is 5.76 Å². The van der Waals surface area contributed by atoms with Crippen LogP contribution in [0.1, 0.15) is 11.7 Å². The zero-order valence-electron chi connectivity index (χ0n) is 9.06. The fourth-order valence-corrected chi connectivity index (χ4v) is 2.22. The first kappa shape index (κ1) is 13.3. The first-order valence-corrected chi connectivity index (χ1v) is 6.97. The summed E-state index contributed by atoms with van der Waals surface area (Å²) < 4.78 is 10.5. The Hall–Kier alpha value is -1.14. The Morgan fingerprint density at radius 1 is 1.33 bits per heavy atom. The van der Waals surface area contributed by atoms with Gasteiger partial charge in [0.05, 0.1) is 4.48 Å². The SMILES string of the molecule is O=C(CBr)OC1=C(Br)C(c2ccccc2)OC1=O. The largest absolute Gasteiger partial charge is 0.446 e. The molecule has 4 nitrogen and oxygen atoms in total. The van der Waals surface area contributed by atoms with E-state index in [0.29, 0.717) is 4.48 Å². The summed E-state index contributed by atoms with van der Waals surface area (Å²) in [6.45, 7) is 0. The Balaban J connectivity index is 2.27. The fourth-order valence-electron chi connectivity index (χ4n) is 1.50. The topological polar surface area (TPSA) is 52.6 Å². The highest BCUT2D eigenvalue weighted by atomic mass is 79.9. The summed E-state index contributed by atoms with van der Waals surface area (Å²) in [5.74, 6) is -1.29. The van der Waals surface area contributed by atoms with Gasteiger partial charge in [-0.2, -0.15) is 0 Å². The van der Waals surface area contributed by atoms with Crippen molar-refractivity contribution in [2.75, 3.05) is 5.33 Å². The molecule has 2 rings (SSSR count). The molecule has 0 amide bonds. The number of ether oxygens (including phenoxy) is 2. The zero-order valence-corrected chi connectivity index (χ0v) is 12.2. The van der Waals surface area contributed by atoms with Gasteiger partial charge in [-0.25, -0.2) is 4.79 Å². The van der Waals surface area contributed by atoms with Crippen molar-refractivity contribution in [3.63, 3.8) is 0 Å². The minimum absolute atomic E-state index is 0.0140. The van der Waals surface area contributed by atoms with Crippen LogP contribution in [-0.4, -0.2) is 17.3 Å². The van der Waals surface area contributed by atoms with E-state index in [4.69, 9.17) is 9.47 Å². The molecule has 0 radical (unpaired) electrons. The average Bonchev–Trinajstić information content (AvgIpc) is 2.67. The van der Waals surface area contributed by atoms with Gasteiger partial charge in [-0.1, -0.05) is 46.3 Å². The lowest BCUT2D eigenvalue weighted by atomic mass is 10.1. The van der Waals surface area contributed by atoms with Crippen molar-refractivity contribution in [3.05, 3.63) is 46.1 Å². The summed E-state index contributed by atoms with van der Waals surface area (Å²) in [5.41, 5.74) is 0.808. The normalized spacial score (nSPS) is 18.8. The highest BCUT2D eigenvalue weighted by Crippen LogP contribution is 2.39. The molecule has 0 fully saturated rings. The number of esters is 2. The molecular weight excluding hydrogens is 368 g/mol. The van der Waals surface area contributed by atoms with Gasteiger partial charge in [-0.05, 0) is 21.5 Å². The van der Waals surface area contributed by atoms with Crippen LogP contribution in [-0.2, 0) is 19.1 Å². The van der Waals surface area contributed by atoms with Crippen molar-refractivity contribution in [2.45, 2.75) is 6.10 Å². The molecule has 0 aromatic heterocycles. The van der Waals surface area contributed by atoms with Gasteiger partial charge in [0.1, 0.15) is 5.33 Å². The van der Waals surface area contributed by atoms with Crippen molar-refractivity contribution in [1.82, 2.24) is 0 Å². The predicted molar refractivity (Wildman–Crippen MR) is 71.1 cm³/mol. The van der Waals surface area contributed by atoms with Crippen molar-refractivity contribution in [1.29, 1.82) is 0 Å². The second kappa shape index (κ2) is 5.67. The molecule has 1 aliphatic heterocycles. The van der Waals surface area contributed by atoms with Crippen LogP contribution in [0.15, 0.2) is 40.6 Å². The van der Waals surface area contributed by atoms with Crippen LogP contribution in [0.2, 0.25) is 0 Å². The smallest absolute Gasteiger partial charge is 0.376 e. The molecule has 1 aromatic carbocycles. The van der Waals surface area contributed by atoms with Crippen LogP contribution in [0.25, 0.3) is 0 Å². The van der Waals surface area contributed by atoms with Crippen LogP contribution < -0.4 is 0 Å². The Kier molecular flexibility index (Phi) is 4.19. The number of rotatable bonds is 3. The minimum Gasteiger partial charge on any atom is -0.446 e. The summed E-state index contributed by atoms with van der Waals surface area (Å²) in [7, 11) is 0. The van der Waals surface area contributed by atoms with Crippen molar-refractivity contribution in [2.24, 2.45) is 0 Å². The molecule has 1 unspecified atom stereocenters. The third-order valence-corrected chi connectivity index (χ3v) is 3.52. The summed E-state index contributed by atoms with van der Waals surface area (Å²) in [6.07, 6.45) is -0.558. The Labute approximate surface area is 120 Å². The molecular formula is C12H8Br2O4. The van der Waals surface area contributed by atoms with Gasteiger partial charge >= 0.3 is 11.9 Å². The van der Waals surface area contributed by atoms with E-state index in [9.17, 15) is 9.59 Å². The van der Waals surface area contributed by atoms with E-state index in [-0.39, 0.29) is 11.1 Å². The number of carbonyl (C=O) groups excluding carboxylic acids is 2. The van der Waals surface area contributed by atoms with Crippen LogP contribution in [0.5, 0.6) is 0 Å². The van der Waals surface area contributed by atoms with Gasteiger partial charge in [-0.15, -0.1) is 0 Å². The summed E-state index contributed by atoms with van der Waals surface area (Å²) >= 11 is 6.20.